The van der Waals surface area contributed by atoms with E-state index >= 15 is 0 Å². The van der Waals surface area contributed by atoms with Gasteiger partial charge in [-0.2, -0.15) is 0 Å². The Bertz CT molecular complexity index is 645. The fourth-order valence-corrected chi connectivity index (χ4v) is 2.07. The first-order chi connectivity index (χ1) is 9.74. The Morgan fingerprint density at radius 3 is 2.57 bits per heavy atom. The minimum absolute atomic E-state index is 0.0660. The number of hydrogen-bond donors (Lipinski definition) is 4. The van der Waals surface area contributed by atoms with Crippen LogP contribution in [-0.4, -0.2) is 31.5 Å². The molecule has 1 aromatic rings. The van der Waals surface area contributed by atoms with Crippen LogP contribution in [0.5, 0.6) is 0 Å². The molecular weight excluding hydrogens is 302 g/mol. The van der Waals surface area contributed by atoms with Gasteiger partial charge in [0.15, 0.2) is 0 Å². The third kappa shape index (κ3) is 5.33. The highest BCUT2D eigenvalue weighted by molar-refractivity contribution is 7.89. The molecule has 1 rings (SSSR count). The number of rotatable bonds is 7. The van der Waals surface area contributed by atoms with Crippen molar-refractivity contribution in [3.8, 4) is 0 Å². The van der Waals surface area contributed by atoms with Crippen LogP contribution in [-0.2, 0) is 10.0 Å². The predicted molar refractivity (Wildman–Crippen MR) is 75.8 cm³/mol. The first-order valence-electron chi connectivity index (χ1n) is 5.78. The molecule has 0 aliphatic rings. The number of nitro benzene ring substituents is 1. The van der Waals surface area contributed by atoms with Crippen molar-refractivity contribution in [1.82, 2.24) is 5.32 Å². The lowest BCUT2D eigenvalue weighted by Gasteiger charge is -2.06. The van der Waals surface area contributed by atoms with E-state index in [-0.39, 0.29) is 35.7 Å². The number of nitro groups is 1. The largest absolute Gasteiger partial charge is 0.352 e. The lowest BCUT2D eigenvalue weighted by atomic mass is 10.1. The van der Waals surface area contributed by atoms with Crippen molar-refractivity contribution in [3.05, 3.63) is 33.9 Å². The maximum absolute atomic E-state index is 11.8. The van der Waals surface area contributed by atoms with Crippen molar-refractivity contribution in [2.24, 2.45) is 11.0 Å². The molecule has 1 aromatic carbocycles. The minimum atomic E-state index is -3.58. The summed E-state index contributed by atoms with van der Waals surface area (Å²) in [6, 6.07) is 3.73. The van der Waals surface area contributed by atoms with E-state index in [0.29, 0.717) is 0 Å². The average molecular weight is 317 g/mol. The van der Waals surface area contributed by atoms with Crippen molar-refractivity contribution in [3.63, 3.8) is 0 Å². The number of anilines is 1. The normalized spacial score (nSPS) is 11.0. The van der Waals surface area contributed by atoms with Crippen LogP contribution in [0.1, 0.15) is 16.8 Å². The number of nitrogen functional groups attached to an aromatic ring is 1. The number of hydrazine groups is 1. The summed E-state index contributed by atoms with van der Waals surface area (Å²) >= 11 is 0. The molecule has 0 radical (unpaired) electrons. The van der Waals surface area contributed by atoms with Gasteiger partial charge in [-0.05, 0) is 18.6 Å². The molecular formula is C10H15N5O5S. The maximum Gasteiger partial charge on any atom is 0.294 e. The molecule has 6 N–H and O–H groups in total. The number of hydrogen-bond acceptors (Lipinski definition) is 7. The third-order valence-corrected chi connectivity index (χ3v) is 3.36. The third-order valence-electron chi connectivity index (χ3n) is 2.50. The van der Waals surface area contributed by atoms with E-state index in [4.69, 9.17) is 11.0 Å². The summed E-state index contributed by atoms with van der Waals surface area (Å²) in [4.78, 5) is 21.9. The van der Waals surface area contributed by atoms with Crippen molar-refractivity contribution in [2.75, 3.05) is 17.7 Å². The second-order valence-electron chi connectivity index (χ2n) is 4.11. The van der Waals surface area contributed by atoms with Gasteiger partial charge in [-0.1, -0.05) is 0 Å². The average Bonchev–Trinajstić information content (AvgIpc) is 2.41. The highest BCUT2D eigenvalue weighted by Gasteiger charge is 2.16. The van der Waals surface area contributed by atoms with Gasteiger partial charge in [0, 0.05) is 18.2 Å². The molecule has 0 atom stereocenters. The number of sulfonamides is 1. The van der Waals surface area contributed by atoms with E-state index in [1.165, 1.54) is 12.1 Å². The summed E-state index contributed by atoms with van der Waals surface area (Å²) in [6.45, 7) is 0.0833. The summed E-state index contributed by atoms with van der Waals surface area (Å²) in [5, 5.41) is 18.1. The Morgan fingerprint density at radius 2 is 2.05 bits per heavy atom. The number of carbonyl (C=O) groups excluding carboxylic acids is 1. The molecule has 0 heterocycles. The molecule has 1 amide bonds. The SMILES string of the molecule is NNc1ccc(C(=O)NCCCS(N)(=O)=O)cc1[N+](=O)[O-]. The smallest absolute Gasteiger partial charge is 0.294 e. The van der Waals surface area contributed by atoms with E-state index in [9.17, 15) is 23.3 Å². The molecule has 0 spiro atoms. The summed E-state index contributed by atoms with van der Waals surface area (Å²) in [7, 11) is -3.58. The number of nitrogens with zero attached hydrogens (tertiary/aromatic N) is 1. The van der Waals surface area contributed by atoms with Crippen molar-refractivity contribution in [2.45, 2.75) is 6.42 Å². The quantitative estimate of drug-likeness (QED) is 0.222. The topological polar surface area (TPSA) is 170 Å². The van der Waals surface area contributed by atoms with Gasteiger partial charge in [-0.25, -0.2) is 13.6 Å². The highest BCUT2D eigenvalue weighted by atomic mass is 32.2. The van der Waals surface area contributed by atoms with E-state index < -0.39 is 20.9 Å². The van der Waals surface area contributed by atoms with E-state index in [2.05, 4.69) is 10.7 Å². The number of primary sulfonamides is 1. The Hall–Kier alpha value is -2.24. The second kappa shape index (κ2) is 6.97. The van der Waals surface area contributed by atoms with Gasteiger partial charge in [0.1, 0.15) is 5.69 Å². The van der Waals surface area contributed by atoms with E-state index in [0.717, 1.165) is 6.07 Å². The molecule has 0 bridgehead atoms. The molecule has 21 heavy (non-hydrogen) atoms. The van der Waals surface area contributed by atoms with Gasteiger partial charge < -0.3 is 10.7 Å². The Kier molecular flexibility index (Phi) is 5.58. The number of nitrogens with one attached hydrogen (secondary N) is 2. The van der Waals surface area contributed by atoms with E-state index in [1.807, 2.05) is 0 Å². The zero-order chi connectivity index (χ0) is 16.0. The monoisotopic (exact) mass is 317 g/mol. The lowest BCUT2D eigenvalue weighted by Crippen LogP contribution is -2.27. The summed E-state index contributed by atoms with van der Waals surface area (Å²) in [6.07, 6.45) is 0.148. The standard InChI is InChI=1S/C10H15N5O5S/c11-14-8-3-2-7(6-9(8)15(17)18)10(16)13-4-1-5-21(12,19)20/h2-3,6,14H,1,4-5,11H2,(H,13,16)(H2,12,19,20). The predicted octanol–water partition coefficient (Wildman–Crippen LogP) is -0.711. The number of carbonyl (C=O) groups is 1. The minimum Gasteiger partial charge on any atom is -0.352 e. The van der Waals surface area contributed by atoms with Crippen LogP contribution in [0.25, 0.3) is 0 Å². The summed E-state index contributed by atoms with van der Waals surface area (Å²) < 4.78 is 21.4. The molecule has 0 aromatic heterocycles. The van der Waals surface area contributed by atoms with E-state index in [1.54, 1.807) is 0 Å². The molecule has 10 nitrogen and oxygen atoms in total. The van der Waals surface area contributed by atoms with Crippen LogP contribution in [0, 0.1) is 10.1 Å². The van der Waals surface area contributed by atoms with Crippen LogP contribution in [0.4, 0.5) is 11.4 Å². The molecule has 116 valence electrons. The summed E-state index contributed by atoms with van der Waals surface area (Å²) in [5.41, 5.74) is 1.96. The Labute approximate surface area is 120 Å². The zero-order valence-corrected chi connectivity index (χ0v) is 11.7. The highest BCUT2D eigenvalue weighted by Crippen LogP contribution is 2.24. The van der Waals surface area contributed by atoms with Crippen LogP contribution < -0.4 is 21.7 Å². The van der Waals surface area contributed by atoms with Crippen LogP contribution in [0.2, 0.25) is 0 Å². The fraction of sp³-hybridized carbons (Fsp3) is 0.300. The van der Waals surface area contributed by atoms with Gasteiger partial charge in [0.2, 0.25) is 10.0 Å². The molecule has 0 fully saturated rings. The first kappa shape index (κ1) is 16.8. The number of benzene rings is 1. The van der Waals surface area contributed by atoms with Gasteiger partial charge >= 0.3 is 0 Å². The van der Waals surface area contributed by atoms with Gasteiger partial charge in [0.05, 0.1) is 10.7 Å². The molecule has 0 aliphatic heterocycles. The van der Waals surface area contributed by atoms with Crippen molar-refractivity contribution in [1.29, 1.82) is 0 Å². The maximum atomic E-state index is 11.8. The number of nitrogens with two attached hydrogens (primary N) is 2. The zero-order valence-electron chi connectivity index (χ0n) is 10.9. The molecule has 0 saturated heterocycles. The van der Waals surface area contributed by atoms with Gasteiger partial charge in [-0.3, -0.25) is 20.8 Å². The Morgan fingerprint density at radius 1 is 1.38 bits per heavy atom. The molecule has 0 saturated carbocycles. The lowest BCUT2D eigenvalue weighted by molar-refractivity contribution is -0.384. The fourth-order valence-electron chi connectivity index (χ4n) is 1.52. The van der Waals surface area contributed by atoms with Gasteiger partial charge in [-0.15, -0.1) is 0 Å². The van der Waals surface area contributed by atoms with Gasteiger partial charge in [0.25, 0.3) is 11.6 Å². The van der Waals surface area contributed by atoms with Crippen molar-refractivity contribution < 1.29 is 18.1 Å². The second-order valence-corrected chi connectivity index (χ2v) is 5.84. The first-order valence-corrected chi connectivity index (χ1v) is 7.50. The Balaban J connectivity index is 2.70. The van der Waals surface area contributed by atoms with Crippen LogP contribution in [0.3, 0.4) is 0 Å². The van der Waals surface area contributed by atoms with Crippen LogP contribution >= 0.6 is 0 Å². The van der Waals surface area contributed by atoms with Crippen molar-refractivity contribution >= 4 is 27.3 Å². The molecule has 0 unspecified atom stereocenters. The van der Waals surface area contributed by atoms with Crippen LogP contribution in [0.15, 0.2) is 18.2 Å². The number of amides is 1. The molecule has 0 aliphatic carbocycles. The molecule has 11 heteroatoms. The summed E-state index contributed by atoms with van der Waals surface area (Å²) in [5.74, 6) is 4.31.